The van der Waals surface area contributed by atoms with Crippen LogP contribution in [0.1, 0.15) is 88.3 Å². The summed E-state index contributed by atoms with van der Waals surface area (Å²) in [5.74, 6) is -0.907. The van der Waals surface area contributed by atoms with Crippen molar-refractivity contribution in [2.45, 2.75) is 115 Å². The predicted molar refractivity (Wildman–Crippen MR) is 212 cm³/mol. The second kappa shape index (κ2) is 21.5. The summed E-state index contributed by atoms with van der Waals surface area (Å²) < 4.78 is 0. The van der Waals surface area contributed by atoms with Crippen molar-refractivity contribution in [1.82, 2.24) is 26.3 Å². The molecule has 3 atom stereocenters. The van der Waals surface area contributed by atoms with Crippen LogP contribution >= 0.6 is 0 Å². The van der Waals surface area contributed by atoms with Crippen molar-refractivity contribution < 1.29 is 19.2 Å². The molecule has 10 heteroatoms. The lowest BCUT2D eigenvalue weighted by molar-refractivity contribution is -0.130. The molecular formula is C43H58N6O4. The summed E-state index contributed by atoms with van der Waals surface area (Å²) in [5.41, 5.74) is 9.66. The zero-order chi connectivity index (χ0) is 36.5. The molecule has 0 radical (unpaired) electrons. The van der Waals surface area contributed by atoms with Crippen LogP contribution in [-0.4, -0.2) is 59.3 Å². The average molecular weight is 723 g/mol. The van der Waals surface area contributed by atoms with E-state index in [4.69, 9.17) is 5.73 Å². The van der Waals surface area contributed by atoms with Crippen molar-refractivity contribution in [1.29, 1.82) is 0 Å². The van der Waals surface area contributed by atoms with E-state index in [0.717, 1.165) is 66.1 Å². The van der Waals surface area contributed by atoms with Crippen molar-refractivity contribution in [3.05, 3.63) is 108 Å². The normalized spacial score (nSPS) is 14.4. The first-order valence-electron chi connectivity index (χ1n) is 18.9. The van der Waals surface area contributed by atoms with Crippen molar-refractivity contribution in [3.63, 3.8) is 0 Å². The van der Waals surface area contributed by atoms with Gasteiger partial charge in [0.15, 0.2) is 0 Å². The highest BCUT2D eigenvalue weighted by Gasteiger charge is 2.28. The standard InChI is InChI=1S/C42H54N6O4.CH4/c43-24-12-11-19-34(27-40(50)45-33-17-7-8-18-33)47-42(52)38(26-32-29-44-37-21-10-9-20-36(32)37)48-41(51)28-35(25-31-15-5-2-6-16-31)46-39(49)23-22-30-13-3-1-4-14-30;/h1-6,9-10,13-16,20-21,29,33-35,38,44H,7-8,11-12,17-19,22-28,43H2,(H,45,50)(H,46,49)(H,47,52)(H,48,51);1H4/t34-,35-,38+;/m0./s1. The van der Waals surface area contributed by atoms with Crippen LogP contribution in [0.2, 0.25) is 0 Å². The topological polar surface area (TPSA) is 158 Å². The molecule has 1 heterocycles. The van der Waals surface area contributed by atoms with Gasteiger partial charge in [-0.1, -0.05) is 106 Å². The van der Waals surface area contributed by atoms with E-state index in [9.17, 15) is 19.2 Å². The number of unbranched alkanes of at least 4 members (excludes halogenated alkanes) is 1. The van der Waals surface area contributed by atoms with Crippen LogP contribution in [0.3, 0.4) is 0 Å². The summed E-state index contributed by atoms with van der Waals surface area (Å²) >= 11 is 0. The Hall–Kier alpha value is -4.96. The van der Waals surface area contributed by atoms with Crippen molar-refractivity contribution in [2.75, 3.05) is 6.54 Å². The third-order valence-electron chi connectivity index (χ3n) is 9.86. The van der Waals surface area contributed by atoms with E-state index >= 15 is 0 Å². The number of nitrogens with two attached hydrogens (primary N) is 1. The number of aryl methyl sites for hydroxylation is 1. The molecular weight excluding hydrogens is 665 g/mol. The Labute approximate surface area is 314 Å². The minimum absolute atomic E-state index is 0. The van der Waals surface area contributed by atoms with Crippen LogP contribution < -0.4 is 27.0 Å². The van der Waals surface area contributed by atoms with Crippen molar-refractivity contribution >= 4 is 34.5 Å². The van der Waals surface area contributed by atoms with Gasteiger partial charge in [-0.15, -0.1) is 0 Å². The number of H-pyrrole nitrogens is 1. The first-order valence-corrected chi connectivity index (χ1v) is 18.9. The fourth-order valence-corrected chi connectivity index (χ4v) is 7.12. The lowest BCUT2D eigenvalue weighted by Gasteiger charge is -2.25. The van der Waals surface area contributed by atoms with Crippen LogP contribution in [-0.2, 0) is 38.4 Å². The Kier molecular flexibility index (Phi) is 16.6. The summed E-state index contributed by atoms with van der Waals surface area (Å²) in [7, 11) is 0. The molecule has 284 valence electrons. The van der Waals surface area contributed by atoms with E-state index in [0.29, 0.717) is 32.2 Å². The SMILES string of the molecule is C.NCCCC[C@@H](CC(=O)NC1CCCC1)NC(=O)[C@@H](Cc1c[nH]c2ccccc12)NC(=O)C[C@H](Cc1ccccc1)NC(=O)CCc1ccccc1. The third-order valence-corrected chi connectivity index (χ3v) is 9.86. The summed E-state index contributed by atoms with van der Waals surface area (Å²) in [6.45, 7) is 0.529. The number of aromatic nitrogens is 1. The third kappa shape index (κ3) is 13.5. The quantitative estimate of drug-likeness (QED) is 0.0651. The van der Waals surface area contributed by atoms with Gasteiger partial charge in [0, 0.05) is 60.9 Å². The highest BCUT2D eigenvalue weighted by atomic mass is 16.2. The molecule has 1 aromatic heterocycles. The largest absolute Gasteiger partial charge is 0.361 e. The van der Waals surface area contributed by atoms with Gasteiger partial charge in [0.1, 0.15) is 6.04 Å². The summed E-state index contributed by atoms with van der Waals surface area (Å²) in [6, 6.07) is 25.8. The maximum absolute atomic E-state index is 14.1. The highest BCUT2D eigenvalue weighted by Crippen LogP contribution is 2.21. The average Bonchev–Trinajstić information content (AvgIpc) is 3.81. The second-order valence-electron chi connectivity index (χ2n) is 14.1. The van der Waals surface area contributed by atoms with Gasteiger partial charge < -0.3 is 32.0 Å². The van der Waals surface area contributed by atoms with E-state index in [1.807, 2.05) is 91.1 Å². The van der Waals surface area contributed by atoms with Gasteiger partial charge in [0.25, 0.3) is 0 Å². The highest BCUT2D eigenvalue weighted by molar-refractivity contribution is 5.90. The first kappa shape index (κ1) is 40.8. The number of carbonyl (C=O) groups excluding carboxylic acids is 4. The van der Waals surface area contributed by atoms with Gasteiger partial charge in [-0.3, -0.25) is 19.2 Å². The van der Waals surface area contributed by atoms with Gasteiger partial charge in [0.2, 0.25) is 23.6 Å². The molecule has 7 N–H and O–H groups in total. The number of hydrogen-bond donors (Lipinski definition) is 6. The maximum Gasteiger partial charge on any atom is 0.243 e. The molecule has 10 nitrogen and oxygen atoms in total. The molecule has 1 fully saturated rings. The lowest BCUT2D eigenvalue weighted by Crippen LogP contribution is -2.52. The molecule has 1 saturated carbocycles. The number of carbonyl (C=O) groups is 4. The Morgan fingerprint density at radius 2 is 1.38 bits per heavy atom. The lowest BCUT2D eigenvalue weighted by atomic mass is 10.00. The molecule has 0 spiro atoms. The fraction of sp³-hybridized carbons (Fsp3) is 0.442. The number of benzene rings is 3. The Balaban J connectivity index is 0.00000627. The summed E-state index contributed by atoms with van der Waals surface area (Å²) in [6.07, 6.45) is 9.96. The molecule has 5 rings (SSSR count). The molecule has 1 aliphatic carbocycles. The number of para-hydroxylation sites is 1. The van der Waals surface area contributed by atoms with E-state index in [1.54, 1.807) is 0 Å². The Morgan fingerprint density at radius 3 is 2.09 bits per heavy atom. The number of rotatable bonds is 20. The Bertz CT molecular complexity index is 1720. The smallest absolute Gasteiger partial charge is 0.243 e. The van der Waals surface area contributed by atoms with E-state index in [-0.39, 0.29) is 56.4 Å². The number of amides is 4. The molecule has 0 aliphatic heterocycles. The number of nitrogens with one attached hydrogen (secondary N) is 5. The van der Waals surface area contributed by atoms with Crippen LogP contribution in [0.4, 0.5) is 0 Å². The molecule has 1 aliphatic rings. The molecule has 4 amide bonds. The minimum atomic E-state index is -0.909. The van der Waals surface area contributed by atoms with Gasteiger partial charge >= 0.3 is 0 Å². The molecule has 3 aromatic carbocycles. The van der Waals surface area contributed by atoms with Crippen LogP contribution in [0.15, 0.2) is 91.1 Å². The van der Waals surface area contributed by atoms with Crippen LogP contribution in [0, 0.1) is 0 Å². The minimum Gasteiger partial charge on any atom is -0.361 e. The van der Waals surface area contributed by atoms with Crippen molar-refractivity contribution in [2.24, 2.45) is 5.73 Å². The second-order valence-corrected chi connectivity index (χ2v) is 14.1. The van der Waals surface area contributed by atoms with Gasteiger partial charge in [0.05, 0.1) is 0 Å². The van der Waals surface area contributed by atoms with Gasteiger partial charge in [-0.25, -0.2) is 0 Å². The molecule has 0 unspecified atom stereocenters. The van der Waals surface area contributed by atoms with Gasteiger partial charge in [-0.05, 0) is 67.8 Å². The summed E-state index contributed by atoms with van der Waals surface area (Å²) in [4.78, 5) is 57.4. The van der Waals surface area contributed by atoms with Crippen molar-refractivity contribution in [3.8, 4) is 0 Å². The zero-order valence-electron chi connectivity index (χ0n) is 30.1. The fourth-order valence-electron chi connectivity index (χ4n) is 7.12. The zero-order valence-corrected chi connectivity index (χ0v) is 30.1. The molecule has 4 aromatic rings. The first-order chi connectivity index (χ1) is 25.4. The Morgan fingerprint density at radius 1 is 0.717 bits per heavy atom. The molecule has 53 heavy (non-hydrogen) atoms. The number of hydrogen-bond acceptors (Lipinski definition) is 5. The molecule has 0 saturated heterocycles. The molecule has 0 bridgehead atoms. The maximum atomic E-state index is 14.1. The number of fused-ring (bicyclic) bond motifs is 1. The number of aromatic amines is 1. The van der Waals surface area contributed by atoms with E-state index < -0.39 is 18.1 Å². The van der Waals surface area contributed by atoms with Gasteiger partial charge in [-0.2, -0.15) is 0 Å². The van der Waals surface area contributed by atoms with E-state index in [2.05, 4.69) is 26.3 Å². The predicted octanol–water partition coefficient (Wildman–Crippen LogP) is 5.64. The monoisotopic (exact) mass is 722 g/mol. The van der Waals surface area contributed by atoms with Crippen LogP contribution in [0.25, 0.3) is 10.9 Å². The van der Waals surface area contributed by atoms with Crippen LogP contribution in [0.5, 0.6) is 0 Å². The van der Waals surface area contributed by atoms with E-state index in [1.165, 1.54) is 0 Å². The summed E-state index contributed by atoms with van der Waals surface area (Å²) in [5, 5.41) is 13.3.